The largest absolute Gasteiger partial charge is 0.484 e. The fourth-order valence-electron chi connectivity index (χ4n) is 7.78. The van der Waals surface area contributed by atoms with Crippen LogP contribution in [0.25, 0.3) is 11.0 Å². The van der Waals surface area contributed by atoms with Gasteiger partial charge in [-0.3, -0.25) is 52.7 Å². The molecule has 0 spiro atoms. The van der Waals surface area contributed by atoms with E-state index in [2.05, 4.69) is 20.9 Å². The van der Waals surface area contributed by atoms with Gasteiger partial charge in [0.2, 0.25) is 11.8 Å². The molecule has 4 heterocycles. The van der Waals surface area contributed by atoms with Crippen molar-refractivity contribution in [2.24, 2.45) is 21.1 Å². The van der Waals surface area contributed by atoms with E-state index in [0.717, 1.165) is 9.21 Å². The van der Waals surface area contributed by atoms with Gasteiger partial charge in [0, 0.05) is 72.2 Å². The SMILES string of the molecule is Cc1nc(N(c2cc3c(cc2Oc2cccc(OCC(=O)NCCCOCCOCCOCCCNC(=O)COc4cccc5c4C(=O)N(C4CCC(=O)NC4=O)C5=O)c2)n(C)c(=O)n3C)S(=O)O)cn1C. The number of nitrogens with one attached hydrogen (secondary N) is 3. The van der Waals surface area contributed by atoms with Crippen LogP contribution in [-0.4, -0.2) is 140 Å². The number of aromatic nitrogens is 4. The minimum absolute atomic E-state index is 0.00404. The fourth-order valence-corrected chi connectivity index (χ4v) is 8.34. The van der Waals surface area contributed by atoms with Crippen LogP contribution < -0.4 is 40.2 Å². The average Bonchev–Trinajstić information content (AvgIpc) is 3.90. The Morgan fingerprint density at radius 1 is 0.792 bits per heavy atom. The molecule has 0 aliphatic carbocycles. The van der Waals surface area contributed by atoms with Crippen molar-refractivity contribution in [3.8, 4) is 23.0 Å². The van der Waals surface area contributed by atoms with Crippen molar-refractivity contribution >= 4 is 69.2 Å². The fraction of sp³-hybridized carbons (Fsp3) is 0.404. The van der Waals surface area contributed by atoms with Crippen LogP contribution in [0.15, 0.2) is 65.6 Å². The third kappa shape index (κ3) is 12.5. The van der Waals surface area contributed by atoms with Crippen LogP contribution >= 0.6 is 0 Å². The van der Waals surface area contributed by atoms with E-state index in [0.29, 0.717) is 93.9 Å². The quantitative estimate of drug-likeness (QED) is 0.0350. The van der Waals surface area contributed by atoms with E-state index >= 15 is 0 Å². The molecular formula is C47H55N9O15S. The molecule has 0 saturated carbocycles. The molecule has 72 heavy (non-hydrogen) atoms. The van der Waals surface area contributed by atoms with E-state index in [1.807, 2.05) is 0 Å². The number of amides is 6. The van der Waals surface area contributed by atoms with Crippen LogP contribution in [0.4, 0.5) is 11.5 Å². The number of hydrogen-bond donors (Lipinski definition) is 4. The van der Waals surface area contributed by atoms with Gasteiger partial charge in [0.15, 0.2) is 24.8 Å². The Morgan fingerprint density at radius 3 is 2.03 bits per heavy atom. The van der Waals surface area contributed by atoms with Crippen molar-refractivity contribution < 1.29 is 66.0 Å². The highest BCUT2D eigenvalue weighted by atomic mass is 32.2. The molecule has 2 unspecified atom stereocenters. The first kappa shape index (κ1) is 52.4. The maximum Gasteiger partial charge on any atom is 0.328 e. The summed E-state index contributed by atoms with van der Waals surface area (Å²) in [6.45, 7) is 3.82. The van der Waals surface area contributed by atoms with E-state index in [4.69, 9.17) is 28.4 Å². The van der Waals surface area contributed by atoms with Crippen molar-refractivity contribution in [2.75, 3.05) is 70.2 Å². The number of carbonyl (C=O) groups is 6. The summed E-state index contributed by atoms with van der Waals surface area (Å²) in [4.78, 5) is 93.2. The van der Waals surface area contributed by atoms with Gasteiger partial charge in [0.1, 0.15) is 34.8 Å². The smallest absolute Gasteiger partial charge is 0.328 e. The van der Waals surface area contributed by atoms with Crippen LogP contribution in [0.1, 0.15) is 52.2 Å². The van der Waals surface area contributed by atoms with Gasteiger partial charge in [-0.25, -0.2) is 18.3 Å². The molecule has 6 amide bonds. The molecule has 4 N–H and O–H groups in total. The van der Waals surface area contributed by atoms with Crippen LogP contribution in [0.2, 0.25) is 0 Å². The molecule has 2 atom stereocenters. The Bertz CT molecular complexity index is 2910. The predicted octanol–water partition coefficient (Wildman–Crippen LogP) is 1.91. The van der Waals surface area contributed by atoms with Gasteiger partial charge in [-0.05, 0) is 56.5 Å². The lowest BCUT2D eigenvalue weighted by Crippen LogP contribution is -2.54. The van der Waals surface area contributed by atoms with Crippen molar-refractivity contribution in [1.29, 1.82) is 0 Å². The lowest BCUT2D eigenvalue weighted by molar-refractivity contribution is -0.136. The van der Waals surface area contributed by atoms with E-state index in [1.54, 1.807) is 75.2 Å². The minimum Gasteiger partial charge on any atom is -0.484 e. The molecule has 5 aromatic rings. The Labute approximate surface area is 414 Å². The molecular weight excluding hydrogens is 963 g/mol. The molecule has 1 fully saturated rings. The van der Waals surface area contributed by atoms with Gasteiger partial charge in [0.05, 0.1) is 48.6 Å². The lowest BCUT2D eigenvalue weighted by Gasteiger charge is -2.27. The molecule has 2 aliphatic heterocycles. The summed E-state index contributed by atoms with van der Waals surface area (Å²) in [6.07, 6.45) is 2.68. The summed E-state index contributed by atoms with van der Waals surface area (Å²) in [5.74, 6) is -1.78. The van der Waals surface area contributed by atoms with Crippen molar-refractivity contribution in [2.45, 2.75) is 38.6 Å². The summed E-state index contributed by atoms with van der Waals surface area (Å²) in [5.41, 5.74) is 0.916. The second-order valence-corrected chi connectivity index (χ2v) is 17.3. The van der Waals surface area contributed by atoms with Crippen LogP contribution in [0.5, 0.6) is 23.0 Å². The molecule has 0 radical (unpaired) electrons. The first-order chi connectivity index (χ1) is 34.6. The zero-order valence-corrected chi connectivity index (χ0v) is 40.8. The van der Waals surface area contributed by atoms with E-state index in [1.165, 1.54) is 27.3 Å². The number of imidazole rings is 2. The molecule has 24 nitrogen and oxygen atoms in total. The lowest BCUT2D eigenvalue weighted by atomic mass is 10.0. The van der Waals surface area contributed by atoms with E-state index in [-0.39, 0.29) is 65.2 Å². The van der Waals surface area contributed by atoms with Crippen LogP contribution in [0.3, 0.4) is 0 Å². The Hall–Kier alpha value is -7.45. The molecule has 3 aromatic carbocycles. The second-order valence-electron chi connectivity index (χ2n) is 16.5. The third-order valence-electron chi connectivity index (χ3n) is 11.5. The standard InChI is InChI=1S/C47H55N9O15S/c1-29-50-39(26-52(29)2)56(72(64)65)36-24-34-35(54(4)47(63)53(34)3)25-38(36)71-31-10-5-9-30(23-31)69-27-41(58)48-15-7-17-66-19-21-68-22-20-67-18-8-16-49-42(59)28-70-37-12-6-11-32-43(37)46(62)55(45(32)61)33-13-14-40(57)51-44(33)60/h5-6,9-12,23-26,33H,7-8,13-22,27-28H2,1-4H3,(H,48,58)(H,49,59)(H,64,65)(H,51,57,60). The van der Waals surface area contributed by atoms with Gasteiger partial charge in [-0.1, -0.05) is 12.1 Å². The summed E-state index contributed by atoms with van der Waals surface area (Å²) in [7, 11) is 4.97. The van der Waals surface area contributed by atoms with E-state index in [9.17, 15) is 42.3 Å². The summed E-state index contributed by atoms with van der Waals surface area (Å²) >= 11 is -2.58. The summed E-state index contributed by atoms with van der Waals surface area (Å²) < 4.78 is 63.2. The highest BCUT2D eigenvalue weighted by Gasteiger charge is 2.46. The van der Waals surface area contributed by atoms with Crippen molar-refractivity contribution in [3.05, 3.63) is 88.2 Å². The Morgan fingerprint density at radius 2 is 1.40 bits per heavy atom. The zero-order valence-electron chi connectivity index (χ0n) is 40.0. The Kier molecular flexibility index (Phi) is 17.5. The van der Waals surface area contributed by atoms with E-state index < -0.39 is 53.5 Å². The number of aryl methyl sites for hydroxylation is 4. The predicted molar refractivity (Wildman–Crippen MR) is 257 cm³/mol. The highest BCUT2D eigenvalue weighted by molar-refractivity contribution is 7.81. The second kappa shape index (κ2) is 24.1. The van der Waals surface area contributed by atoms with Gasteiger partial charge in [0.25, 0.3) is 34.9 Å². The zero-order chi connectivity index (χ0) is 51.5. The van der Waals surface area contributed by atoms with Gasteiger partial charge in [-0.2, -0.15) is 0 Å². The normalized spacial score (nSPS) is 14.8. The minimum atomic E-state index is -2.58. The number of carbonyl (C=O) groups excluding carboxylic acids is 6. The molecule has 25 heteroatoms. The monoisotopic (exact) mass is 1020 g/mol. The first-order valence-corrected chi connectivity index (χ1v) is 23.9. The van der Waals surface area contributed by atoms with Gasteiger partial charge in [-0.15, -0.1) is 0 Å². The average molecular weight is 1020 g/mol. The van der Waals surface area contributed by atoms with Gasteiger partial charge >= 0.3 is 5.69 Å². The molecule has 2 aromatic heterocycles. The number of benzene rings is 3. The maximum absolute atomic E-state index is 13.2. The number of rotatable bonds is 26. The highest BCUT2D eigenvalue weighted by Crippen LogP contribution is 2.40. The number of imide groups is 2. The first-order valence-electron chi connectivity index (χ1n) is 22.9. The van der Waals surface area contributed by atoms with Gasteiger partial charge < -0.3 is 43.6 Å². The van der Waals surface area contributed by atoms with Crippen LogP contribution in [0, 0.1) is 6.92 Å². The molecule has 1 saturated heterocycles. The van der Waals surface area contributed by atoms with Crippen molar-refractivity contribution in [3.63, 3.8) is 0 Å². The summed E-state index contributed by atoms with van der Waals surface area (Å²) in [6, 6.07) is 13.0. The molecule has 7 rings (SSSR count). The topological polar surface area (TPSA) is 282 Å². The maximum atomic E-state index is 13.2. The summed E-state index contributed by atoms with van der Waals surface area (Å²) in [5, 5.41) is 7.63. The molecule has 2 aliphatic rings. The molecule has 0 bridgehead atoms. The number of nitrogens with zero attached hydrogens (tertiary/aromatic N) is 6. The number of anilines is 2. The number of fused-ring (bicyclic) bond motifs is 2. The Balaban J connectivity index is 0.728. The third-order valence-corrected chi connectivity index (χ3v) is 12.2. The molecule has 384 valence electrons. The van der Waals surface area contributed by atoms with Crippen molar-refractivity contribution in [1.82, 2.24) is 39.5 Å². The van der Waals surface area contributed by atoms with Crippen LogP contribution in [-0.2, 0) is 65.8 Å². The number of hydrogen-bond acceptors (Lipinski definition) is 15. The number of ether oxygens (including phenoxy) is 6. The number of piperidine rings is 1.